The molecular weight excluding hydrogens is 230 g/mol. The molecular formula is C10H17NO4S. The quantitative estimate of drug-likeness (QED) is 0.765. The van der Waals surface area contributed by atoms with Crippen molar-refractivity contribution in [3.05, 3.63) is 0 Å². The van der Waals surface area contributed by atoms with Crippen LogP contribution in [0.1, 0.15) is 27.7 Å². The summed E-state index contributed by atoms with van der Waals surface area (Å²) in [5.74, 6) is -0.571. The van der Waals surface area contributed by atoms with E-state index < -0.39 is 23.7 Å². The zero-order valence-corrected chi connectivity index (χ0v) is 10.7. The summed E-state index contributed by atoms with van der Waals surface area (Å²) in [4.78, 5) is 24.1. The third-order valence-corrected chi connectivity index (χ3v) is 3.33. The number of carbonyl (C=O) groups is 2. The van der Waals surface area contributed by atoms with Crippen molar-refractivity contribution >= 4 is 23.8 Å². The van der Waals surface area contributed by atoms with Gasteiger partial charge in [-0.05, 0) is 27.7 Å². The van der Waals surface area contributed by atoms with Crippen LogP contribution in [0.15, 0.2) is 0 Å². The fourth-order valence-corrected chi connectivity index (χ4v) is 2.58. The Hall–Kier alpha value is -0.910. The standard InChI is InChI=1S/C10H17NO4S/c1-6-11(7(5-16-6)8(12)13)9(14)15-10(2,3)4/h6-7H,5H2,1-4H3,(H,12,13). The van der Waals surface area contributed by atoms with Gasteiger partial charge in [-0.3, -0.25) is 4.90 Å². The maximum absolute atomic E-state index is 11.8. The van der Waals surface area contributed by atoms with Crippen LogP contribution in [-0.4, -0.2) is 44.8 Å². The molecule has 0 radical (unpaired) electrons. The predicted octanol–water partition coefficient (Wildman–Crippen LogP) is 1.77. The molecule has 2 unspecified atom stereocenters. The first-order valence-corrected chi connectivity index (χ1v) is 6.13. The van der Waals surface area contributed by atoms with Crippen molar-refractivity contribution in [2.24, 2.45) is 0 Å². The number of carboxylic acids is 1. The van der Waals surface area contributed by atoms with E-state index in [1.807, 2.05) is 0 Å². The van der Waals surface area contributed by atoms with Gasteiger partial charge in [0.1, 0.15) is 11.6 Å². The molecule has 0 aromatic heterocycles. The van der Waals surface area contributed by atoms with Crippen molar-refractivity contribution in [1.82, 2.24) is 4.90 Å². The van der Waals surface area contributed by atoms with E-state index in [2.05, 4.69) is 0 Å². The van der Waals surface area contributed by atoms with E-state index >= 15 is 0 Å². The first-order valence-electron chi connectivity index (χ1n) is 5.08. The van der Waals surface area contributed by atoms with Crippen LogP contribution in [0.5, 0.6) is 0 Å². The van der Waals surface area contributed by atoms with Crippen LogP contribution in [0.25, 0.3) is 0 Å². The Morgan fingerprint density at radius 1 is 1.44 bits per heavy atom. The normalized spacial score (nSPS) is 25.6. The lowest BCUT2D eigenvalue weighted by molar-refractivity contribution is -0.142. The molecule has 1 amide bonds. The SMILES string of the molecule is CC1SCC(C(=O)O)N1C(=O)OC(C)(C)C. The Labute approximate surface area is 99.1 Å². The number of rotatable bonds is 1. The smallest absolute Gasteiger partial charge is 0.411 e. The van der Waals surface area contributed by atoms with E-state index in [4.69, 9.17) is 9.84 Å². The number of aliphatic carboxylic acids is 1. The summed E-state index contributed by atoms with van der Waals surface area (Å²) in [7, 11) is 0. The van der Waals surface area contributed by atoms with Gasteiger partial charge in [0.2, 0.25) is 0 Å². The summed E-state index contributed by atoms with van der Waals surface area (Å²) >= 11 is 1.44. The molecule has 1 aliphatic heterocycles. The summed E-state index contributed by atoms with van der Waals surface area (Å²) in [5.41, 5.74) is -0.604. The summed E-state index contributed by atoms with van der Waals surface area (Å²) in [5, 5.41) is 8.83. The number of ether oxygens (including phenoxy) is 1. The summed E-state index contributed by atoms with van der Waals surface area (Å²) in [6.07, 6.45) is -0.558. The van der Waals surface area contributed by atoms with Crippen LogP contribution < -0.4 is 0 Å². The van der Waals surface area contributed by atoms with E-state index in [1.165, 1.54) is 16.7 Å². The number of hydrogen-bond acceptors (Lipinski definition) is 4. The monoisotopic (exact) mass is 247 g/mol. The minimum atomic E-state index is -0.984. The maximum atomic E-state index is 11.8. The van der Waals surface area contributed by atoms with Crippen molar-refractivity contribution < 1.29 is 19.4 Å². The van der Waals surface area contributed by atoms with E-state index in [0.717, 1.165) is 0 Å². The van der Waals surface area contributed by atoms with Gasteiger partial charge in [-0.1, -0.05) is 0 Å². The van der Waals surface area contributed by atoms with Crippen LogP contribution >= 0.6 is 11.8 Å². The largest absolute Gasteiger partial charge is 0.480 e. The third kappa shape index (κ3) is 3.04. The third-order valence-electron chi connectivity index (χ3n) is 2.11. The Morgan fingerprint density at radius 2 is 2.00 bits per heavy atom. The number of amides is 1. The molecule has 92 valence electrons. The first-order chi connectivity index (χ1) is 7.22. The minimum Gasteiger partial charge on any atom is -0.480 e. The Morgan fingerprint density at radius 3 is 2.44 bits per heavy atom. The van der Waals surface area contributed by atoms with Crippen LogP contribution in [0, 0.1) is 0 Å². The second-order valence-electron chi connectivity index (χ2n) is 4.67. The first kappa shape index (κ1) is 13.2. The molecule has 5 nitrogen and oxygen atoms in total. The van der Waals surface area contributed by atoms with Gasteiger partial charge in [-0.15, -0.1) is 11.8 Å². The van der Waals surface area contributed by atoms with E-state index in [-0.39, 0.29) is 5.37 Å². The van der Waals surface area contributed by atoms with Crippen molar-refractivity contribution in [3.63, 3.8) is 0 Å². The molecule has 1 saturated heterocycles. The average molecular weight is 247 g/mol. The Balaban J connectivity index is 2.76. The van der Waals surface area contributed by atoms with E-state index in [9.17, 15) is 9.59 Å². The van der Waals surface area contributed by atoms with Gasteiger partial charge in [0, 0.05) is 5.75 Å². The number of hydrogen-bond donors (Lipinski definition) is 1. The molecule has 1 rings (SSSR count). The number of nitrogens with zero attached hydrogens (tertiary/aromatic N) is 1. The fraction of sp³-hybridized carbons (Fsp3) is 0.800. The molecule has 0 aromatic rings. The highest BCUT2D eigenvalue weighted by molar-refractivity contribution is 8.00. The van der Waals surface area contributed by atoms with Crippen LogP contribution in [0.4, 0.5) is 4.79 Å². The molecule has 0 bridgehead atoms. The van der Waals surface area contributed by atoms with Crippen LogP contribution in [0.2, 0.25) is 0 Å². The van der Waals surface area contributed by atoms with Crippen LogP contribution in [0.3, 0.4) is 0 Å². The second kappa shape index (κ2) is 4.53. The van der Waals surface area contributed by atoms with Crippen molar-refractivity contribution in [1.29, 1.82) is 0 Å². The fourth-order valence-electron chi connectivity index (χ4n) is 1.43. The number of carbonyl (C=O) groups excluding carboxylic acids is 1. The van der Waals surface area contributed by atoms with Crippen LogP contribution in [-0.2, 0) is 9.53 Å². The van der Waals surface area contributed by atoms with E-state index in [0.29, 0.717) is 5.75 Å². The molecule has 1 heterocycles. The maximum Gasteiger partial charge on any atom is 0.411 e. The molecule has 0 saturated carbocycles. The molecule has 2 atom stereocenters. The summed E-state index contributed by atoms with van der Waals surface area (Å²) in [6, 6.07) is -0.783. The van der Waals surface area contributed by atoms with Gasteiger partial charge in [-0.25, -0.2) is 9.59 Å². The minimum absolute atomic E-state index is 0.157. The molecule has 6 heteroatoms. The topological polar surface area (TPSA) is 66.8 Å². The molecule has 0 spiro atoms. The molecule has 0 aromatic carbocycles. The number of carboxylic acid groups (broad SMARTS) is 1. The van der Waals surface area contributed by atoms with E-state index in [1.54, 1.807) is 27.7 Å². The lowest BCUT2D eigenvalue weighted by Gasteiger charge is -2.28. The zero-order chi connectivity index (χ0) is 12.5. The van der Waals surface area contributed by atoms with Gasteiger partial charge in [0.25, 0.3) is 0 Å². The lowest BCUT2D eigenvalue weighted by Crippen LogP contribution is -2.46. The number of thioether (sulfide) groups is 1. The zero-order valence-electron chi connectivity index (χ0n) is 9.89. The van der Waals surface area contributed by atoms with Gasteiger partial charge in [-0.2, -0.15) is 0 Å². The van der Waals surface area contributed by atoms with Crippen molar-refractivity contribution in [3.8, 4) is 0 Å². The van der Waals surface area contributed by atoms with Gasteiger partial charge in [0.05, 0.1) is 5.37 Å². The Bertz CT molecular complexity index is 300. The summed E-state index contributed by atoms with van der Waals surface area (Å²) < 4.78 is 5.18. The van der Waals surface area contributed by atoms with Gasteiger partial charge in [0.15, 0.2) is 0 Å². The highest BCUT2D eigenvalue weighted by Gasteiger charge is 2.41. The molecule has 1 fully saturated rings. The average Bonchev–Trinajstić information content (AvgIpc) is 2.43. The predicted molar refractivity (Wildman–Crippen MR) is 61.4 cm³/mol. The molecule has 1 aliphatic rings. The summed E-state index contributed by atoms with van der Waals surface area (Å²) in [6.45, 7) is 7.08. The molecule has 0 aliphatic carbocycles. The van der Waals surface area contributed by atoms with Crippen molar-refractivity contribution in [2.45, 2.75) is 44.7 Å². The van der Waals surface area contributed by atoms with Crippen molar-refractivity contribution in [2.75, 3.05) is 5.75 Å². The molecule has 1 N–H and O–H groups in total. The second-order valence-corrected chi connectivity index (χ2v) is 6.02. The van der Waals surface area contributed by atoms with Gasteiger partial charge >= 0.3 is 12.1 Å². The van der Waals surface area contributed by atoms with Gasteiger partial charge < -0.3 is 9.84 Å². The Kier molecular flexibility index (Phi) is 3.72. The lowest BCUT2D eigenvalue weighted by atomic mass is 10.2. The highest BCUT2D eigenvalue weighted by Crippen LogP contribution is 2.30. The highest BCUT2D eigenvalue weighted by atomic mass is 32.2. The molecule has 16 heavy (non-hydrogen) atoms.